The lowest BCUT2D eigenvalue weighted by molar-refractivity contribution is -0.196. The zero-order valence-electron chi connectivity index (χ0n) is 12.0. The van der Waals surface area contributed by atoms with Crippen molar-refractivity contribution in [3.8, 4) is 0 Å². The van der Waals surface area contributed by atoms with Crippen LogP contribution in [0.2, 0.25) is 0 Å². The van der Waals surface area contributed by atoms with Crippen molar-refractivity contribution in [2.75, 3.05) is 13.1 Å². The third kappa shape index (κ3) is 3.84. The van der Waals surface area contributed by atoms with Crippen LogP contribution in [0.4, 0.5) is 4.79 Å². The van der Waals surface area contributed by atoms with Gasteiger partial charge in [-0.1, -0.05) is 12.2 Å². The third-order valence-electron chi connectivity index (χ3n) is 3.91. The molecule has 0 saturated carbocycles. The molecule has 0 amide bonds. The molecule has 2 aliphatic rings. The monoisotopic (exact) mass is 280 g/mol. The second-order valence-corrected chi connectivity index (χ2v) is 5.35. The number of carbonyl (C=O) groups is 1. The van der Waals surface area contributed by atoms with Gasteiger partial charge in [-0.05, 0) is 38.5 Å². The average molecular weight is 280 g/mol. The van der Waals surface area contributed by atoms with E-state index < -0.39 is 6.16 Å². The SMILES string of the molecule is C=CCC1CCCN1OC(=O)ON1CCCC1CC=C. The fourth-order valence-electron chi connectivity index (χ4n) is 2.92. The van der Waals surface area contributed by atoms with Crippen molar-refractivity contribution in [3.05, 3.63) is 25.3 Å². The molecule has 0 aromatic rings. The van der Waals surface area contributed by atoms with E-state index in [1.54, 1.807) is 10.1 Å². The van der Waals surface area contributed by atoms with E-state index in [0.717, 1.165) is 51.6 Å². The molecule has 2 fully saturated rings. The summed E-state index contributed by atoms with van der Waals surface area (Å²) in [5, 5.41) is 3.45. The Bertz CT molecular complexity index is 327. The van der Waals surface area contributed by atoms with Crippen LogP contribution in [0, 0.1) is 0 Å². The molecule has 0 bridgehead atoms. The van der Waals surface area contributed by atoms with Gasteiger partial charge in [0.05, 0.1) is 0 Å². The minimum Gasteiger partial charge on any atom is -0.334 e. The van der Waals surface area contributed by atoms with Gasteiger partial charge in [0.1, 0.15) is 0 Å². The first-order chi connectivity index (χ1) is 9.74. The number of hydrogen-bond acceptors (Lipinski definition) is 5. The van der Waals surface area contributed by atoms with Gasteiger partial charge in [-0.25, -0.2) is 0 Å². The fourth-order valence-corrected chi connectivity index (χ4v) is 2.92. The molecule has 2 atom stereocenters. The molecule has 0 spiro atoms. The number of hydroxylamine groups is 4. The van der Waals surface area contributed by atoms with Crippen molar-refractivity contribution >= 4 is 6.16 Å². The number of rotatable bonds is 6. The summed E-state index contributed by atoms with van der Waals surface area (Å²) in [6.45, 7) is 9.01. The van der Waals surface area contributed by atoms with Crippen LogP contribution < -0.4 is 0 Å². The zero-order chi connectivity index (χ0) is 14.4. The molecule has 2 heterocycles. The van der Waals surface area contributed by atoms with E-state index in [1.165, 1.54) is 0 Å². The summed E-state index contributed by atoms with van der Waals surface area (Å²) in [7, 11) is 0. The minimum absolute atomic E-state index is 0.239. The maximum Gasteiger partial charge on any atom is 0.547 e. The van der Waals surface area contributed by atoms with Gasteiger partial charge in [0.25, 0.3) is 0 Å². The van der Waals surface area contributed by atoms with Crippen LogP contribution in [0.1, 0.15) is 38.5 Å². The van der Waals surface area contributed by atoms with Crippen molar-refractivity contribution in [2.24, 2.45) is 0 Å². The summed E-state index contributed by atoms with van der Waals surface area (Å²) in [6, 6.07) is 0.477. The molecule has 0 aromatic carbocycles. The topological polar surface area (TPSA) is 42.0 Å². The summed E-state index contributed by atoms with van der Waals surface area (Å²) in [5.74, 6) is 0. The smallest absolute Gasteiger partial charge is 0.334 e. The van der Waals surface area contributed by atoms with Crippen LogP contribution in [0.15, 0.2) is 25.3 Å². The van der Waals surface area contributed by atoms with E-state index in [2.05, 4.69) is 13.2 Å². The molecule has 2 aliphatic heterocycles. The maximum absolute atomic E-state index is 11.9. The van der Waals surface area contributed by atoms with Gasteiger partial charge < -0.3 is 9.68 Å². The Labute approximate surface area is 120 Å². The van der Waals surface area contributed by atoms with Crippen LogP contribution >= 0.6 is 0 Å². The number of hydrogen-bond donors (Lipinski definition) is 0. The van der Waals surface area contributed by atoms with Crippen molar-refractivity contribution in [3.63, 3.8) is 0 Å². The highest BCUT2D eigenvalue weighted by molar-refractivity contribution is 5.59. The zero-order valence-corrected chi connectivity index (χ0v) is 12.0. The Morgan fingerprint density at radius 2 is 1.45 bits per heavy atom. The molecule has 2 saturated heterocycles. The van der Waals surface area contributed by atoms with E-state index >= 15 is 0 Å². The molecular formula is C15H24N2O3. The largest absolute Gasteiger partial charge is 0.547 e. The molecule has 5 heteroatoms. The van der Waals surface area contributed by atoms with Gasteiger partial charge in [0, 0.05) is 25.2 Å². The quantitative estimate of drug-likeness (QED) is 0.699. The van der Waals surface area contributed by atoms with E-state index in [9.17, 15) is 4.79 Å². The molecule has 2 rings (SSSR count). The van der Waals surface area contributed by atoms with Gasteiger partial charge >= 0.3 is 6.16 Å². The van der Waals surface area contributed by atoms with Crippen molar-refractivity contribution in [2.45, 2.75) is 50.6 Å². The second kappa shape index (κ2) is 7.45. The highest BCUT2D eigenvalue weighted by Crippen LogP contribution is 2.23. The highest BCUT2D eigenvalue weighted by Gasteiger charge is 2.31. The molecule has 0 N–H and O–H groups in total. The summed E-state index contributed by atoms with van der Waals surface area (Å²) in [5.41, 5.74) is 0. The summed E-state index contributed by atoms with van der Waals surface area (Å²) >= 11 is 0. The summed E-state index contributed by atoms with van der Waals surface area (Å²) in [6.07, 6.45) is 8.88. The van der Waals surface area contributed by atoms with Gasteiger partial charge in [0.15, 0.2) is 0 Å². The van der Waals surface area contributed by atoms with Crippen LogP contribution in [-0.4, -0.2) is 41.5 Å². The first kappa shape index (κ1) is 15.1. The summed E-state index contributed by atoms with van der Waals surface area (Å²) in [4.78, 5) is 22.5. The minimum atomic E-state index is -0.628. The predicted molar refractivity (Wildman–Crippen MR) is 76.7 cm³/mol. The van der Waals surface area contributed by atoms with Crippen LogP contribution in [0.3, 0.4) is 0 Å². The lowest BCUT2D eigenvalue weighted by Crippen LogP contribution is -2.37. The molecule has 5 nitrogen and oxygen atoms in total. The summed E-state index contributed by atoms with van der Waals surface area (Å²) < 4.78 is 0. The predicted octanol–water partition coefficient (Wildman–Crippen LogP) is 3.05. The first-order valence-electron chi connectivity index (χ1n) is 7.39. The molecule has 0 radical (unpaired) electrons. The molecular weight excluding hydrogens is 256 g/mol. The molecule has 0 aliphatic carbocycles. The first-order valence-corrected chi connectivity index (χ1v) is 7.39. The van der Waals surface area contributed by atoms with E-state index in [4.69, 9.17) is 9.68 Å². The lowest BCUT2D eigenvalue weighted by Gasteiger charge is -2.25. The van der Waals surface area contributed by atoms with Gasteiger partial charge in [-0.2, -0.15) is 4.79 Å². The Kier molecular flexibility index (Phi) is 5.61. The lowest BCUT2D eigenvalue weighted by atomic mass is 10.2. The fraction of sp³-hybridized carbons (Fsp3) is 0.667. The molecule has 112 valence electrons. The van der Waals surface area contributed by atoms with Crippen LogP contribution in [0.5, 0.6) is 0 Å². The number of nitrogens with zero attached hydrogens (tertiary/aromatic N) is 2. The Morgan fingerprint density at radius 1 is 1.00 bits per heavy atom. The van der Waals surface area contributed by atoms with E-state index in [-0.39, 0.29) is 12.1 Å². The highest BCUT2D eigenvalue weighted by atomic mass is 16.9. The Morgan fingerprint density at radius 3 is 1.85 bits per heavy atom. The molecule has 20 heavy (non-hydrogen) atoms. The Balaban J connectivity index is 1.79. The maximum atomic E-state index is 11.9. The standard InChI is InChI=1S/C15H24N2O3/c1-3-7-13-9-5-11-16(13)19-15(18)20-17-12-6-10-14(17)8-4-2/h3-4,13-14H,1-2,5-12H2. The van der Waals surface area contributed by atoms with Crippen molar-refractivity contribution < 1.29 is 14.5 Å². The van der Waals surface area contributed by atoms with Gasteiger partial charge in [0.2, 0.25) is 0 Å². The van der Waals surface area contributed by atoms with Crippen LogP contribution in [-0.2, 0) is 9.68 Å². The average Bonchev–Trinajstić information content (AvgIpc) is 3.02. The van der Waals surface area contributed by atoms with E-state index in [1.807, 2.05) is 12.2 Å². The Hall–Kier alpha value is -1.33. The normalized spacial score (nSPS) is 27.4. The molecule has 0 aromatic heterocycles. The van der Waals surface area contributed by atoms with Crippen molar-refractivity contribution in [1.29, 1.82) is 0 Å². The number of carbonyl (C=O) groups excluding carboxylic acids is 1. The van der Waals surface area contributed by atoms with Crippen molar-refractivity contribution in [1.82, 2.24) is 10.1 Å². The van der Waals surface area contributed by atoms with E-state index in [0.29, 0.717) is 0 Å². The third-order valence-corrected chi connectivity index (χ3v) is 3.91. The molecule has 2 unspecified atom stereocenters. The van der Waals surface area contributed by atoms with Gasteiger partial charge in [-0.3, -0.25) is 0 Å². The van der Waals surface area contributed by atoms with Gasteiger partial charge in [-0.15, -0.1) is 23.3 Å². The van der Waals surface area contributed by atoms with Crippen LogP contribution in [0.25, 0.3) is 0 Å². The second-order valence-electron chi connectivity index (χ2n) is 5.35.